The first-order valence-electron chi connectivity index (χ1n) is 5.63. The lowest BCUT2D eigenvalue weighted by Gasteiger charge is -2.04. The molecule has 0 saturated heterocycles. The first kappa shape index (κ1) is 13.5. The molecule has 2 rings (SSSR count). The smallest absolute Gasteiger partial charge is 0.341 e. The molecular weight excluding hydrogens is 264 g/mol. The van der Waals surface area contributed by atoms with Crippen LogP contribution in [0.2, 0.25) is 0 Å². The molecule has 2 N–H and O–H groups in total. The summed E-state index contributed by atoms with van der Waals surface area (Å²) in [7, 11) is 0. The molecule has 0 aliphatic heterocycles. The number of hydrogen-bond acceptors (Lipinski definition) is 4. The zero-order valence-electron chi connectivity index (χ0n) is 10.2. The topological polar surface area (TPSA) is 101 Å². The summed E-state index contributed by atoms with van der Waals surface area (Å²) in [6.07, 6.45) is 0. The van der Waals surface area contributed by atoms with Gasteiger partial charge in [-0.1, -0.05) is 12.1 Å². The van der Waals surface area contributed by atoms with Gasteiger partial charge < -0.3 is 14.9 Å². The summed E-state index contributed by atoms with van der Waals surface area (Å²) in [6.45, 7) is -0.700. The van der Waals surface area contributed by atoms with Crippen LogP contribution >= 0.6 is 0 Å². The van der Waals surface area contributed by atoms with Crippen LogP contribution in [-0.4, -0.2) is 34.7 Å². The van der Waals surface area contributed by atoms with Gasteiger partial charge in [-0.05, 0) is 35.0 Å². The number of esters is 1. The molecule has 0 radical (unpaired) electrons. The van der Waals surface area contributed by atoms with Crippen LogP contribution in [0.1, 0.15) is 20.7 Å². The zero-order valence-corrected chi connectivity index (χ0v) is 10.2. The van der Waals surface area contributed by atoms with E-state index in [9.17, 15) is 14.4 Å². The maximum Gasteiger partial charge on any atom is 0.341 e. The zero-order chi connectivity index (χ0) is 14.7. The molecule has 0 spiro atoms. The number of carbonyl (C=O) groups is 3. The average molecular weight is 274 g/mol. The number of fused-ring (bicyclic) bond motifs is 1. The summed E-state index contributed by atoms with van der Waals surface area (Å²) in [4.78, 5) is 32.7. The van der Waals surface area contributed by atoms with Crippen LogP contribution in [0.5, 0.6) is 0 Å². The molecule has 6 heteroatoms. The molecule has 2 aromatic carbocycles. The van der Waals surface area contributed by atoms with Gasteiger partial charge >= 0.3 is 17.9 Å². The van der Waals surface area contributed by atoms with Gasteiger partial charge in [0.05, 0.1) is 11.1 Å². The third-order valence-electron chi connectivity index (χ3n) is 2.65. The maximum absolute atomic E-state index is 11.6. The molecule has 0 aliphatic rings. The Balaban J connectivity index is 2.30. The Morgan fingerprint density at radius 1 is 0.900 bits per heavy atom. The highest BCUT2D eigenvalue weighted by Gasteiger charge is 2.11. The van der Waals surface area contributed by atoms with E-state index in [0.29, 0.717) is 10.8 Å². The van der Waals surface area contributed by atoms with Crippen molar-refractivity contribution in [1.29, 1.82) is 0 Å². The average Bonchev–Trinajstić information content (AvgIpc) is 2.43. The summed E-state index contributed by atoms with van der Waals surface area (Å²) in [5.74, 6) is -3.00. The molecule has 20 heavy (non-hydrogen) atoms. The Kier molecular flexibility index (Phi) is 3.65. The highest BCUT2D eigenvalue weighted by molar-refractivity contribution is 5.98. The molecule has 0 atom stereocenters. The molecule has 2 aromatic rings. The van der Waals surface area contributed by atoms with Crippen molar-refractivity contribution in [3.63, 3.8) is 0 Å². The van der Waals surface area contributed by atoms with Crippen molar-refractivity contribution < 1.29 is 29.3 Å². The Morgan fingerprint density at radius 2 is 1.45 bits per heavy atom. The van der Waals surface area contributed by atoms with E-state index in [1.807, 2.05) is 0 Å². The van der Waals surface area contributed by atoms with Crippen molar-refractivity contribution in [1.82, 2.24) is 0 Å². The van der Waals surface area contributed by atoms with Crippen molar-refractivity contribution >= 4 is 28.7 Å². The summed E-state index contributed by atoms with van der Waals surface area (Å²) in [5, 5.41) is 18.6. The van der Waals surface area contributed by atoms with Gasteiger partial charge in [-0.15, -0.1) is 0 Å². The normalized spacial score (nSPS) is 10.2. The van der Waals surface area contributed by atoms with E-state index in [4.69, 9.17) is 10.2 Å². The number of hydrogen-bond donors (Lipinski definition) is 2. The second kappa shape index (κ2) is 5.40. The van der Waals surface area contributed by atoms with E-state index in [-0.39, 0.29) is 11.1 Å². The van der Waals surface area contributed by atoms with Crippen LogP contribution in [-0.2, 0) is 9.53 Å². The minimum absolute atomic E-state index is 0.152. The van der Waals surface area contributed by atoms with Gasteiger partial charge in [0.15, 0.2) is 6.61 Å². The molecular formula is C14H10O6. The molecule has 0 unspecified atom stereocenters. The van der Waals surface area contributed by atoms with Crippen molar-refractivity contribution in [2.45, 2.75) is 0 Å². The van der Waals surface area contributed by atoms with Crippen molar-refractivity contribution in [2.75, 3.05) is 6.61 Å². The third kappa shape index (κ3) is 2.92. The molecule has 0 saturated carbocycles. The number of rotatable bonds is 4. The van der Waals surface area contributed by atoms with Crippen molar-refractivity contribution in [3.8, 4) is 0 Å². The fourth-order valence-corrected chi connectivity index (χ4v) is 1.72. The van der Waals surface area contributed by atoms with Gasteiger partial charge in [-0.3, -0.25) is 0 Å². The number of carboxylic acid groups (broad SMARTS) is 2. The number of ether oxygens (including phenoxy) is 1. The predicted molar refractivity (Wildman–Crippen MR) is 68.8 cm³/mol. The molecule has 0 aliphatic carbocycles. The van der Waals surface area contributed by atoms with Crippen LogP contribution in [0.25, 0.3) is 10.8 Å². The summed E-state index contributed by atoms with van der Waals surface area (Å²) >= 11 is 0. The molecule has 0 amide bonds. The van der Waals surface area contributed by atoms with Crippen LogP contribution in [0.15, 0.2) is 36.4 Å². The molecule has 0 heterocycles. The molecule has 6 nitrogen and oxygen atoms in total. The maximum atomic E-state index is 11.6. The minimum atomic E-state index is -1.23. The SMILES string of the molecule is O=C(O)COC(=O)c1ccc2cc(C(=O)O)ccc2c1. The molecule has 0 bridgehead atoms. The lowest BCUT2D eigenvalue weighted by molar-refractivity contribution is -0.140. The van der Waals surface area contributed by atoms with Crippen LogP contribution in [0.3, 0.4) is 0 Å². The quantitative estimate of drug-likeness (QED) is 0.824. The molecule has 102 valence electrons. The van der Waals surface area contributed by atoms with Crippen LogP contribution in [0.4, 0.5) is 0 Å². The predicted octanol–water partition coefficient (Wildman–Crippen LogP) is 1.78. The van der Waals surface area contributed by atoms with Gasteiger partial charge in [0.2, 0.25) is 0 Å². The van der Waals surface area contributed by atoms with E-state index in [2.05, 4.69) is 4.74 Å². The summed E-state index contributed by atoms with van der Waals surface area (Å²) in [6, 6.07) is 9.05. The van der Waals surface area contributed by atoms with Gasteiger partial charge in [0.25, 0.3) is 0 Å². The highest BCUT2D eigenvalue weighted by Crippen LogP contribution is 2.18. The van der Waals surface area contributed by atoms with E-state index in [0.717, 1.165) is 0 Å². The van der Waals surface area contributed by atoms with E-state index in [1.165, 1.54) is 24.3 Å². The third-order valence-corrected chi connectivity index (χ3v) is 2.65. The largest absolute Gasteiger partial charge is 0.479 e. The molecule has 0 aromatic heterocycles. The Bertz CT molecular complexity index is 704. The fraction of sp³-hybridized carbons (Fsp3) is 0.0714. The summed E-state index contributed by atoms with van der Waals surface area (Å²) in [5.41, 5.74) is 0.362. The number of benzene rings is 2. The monoisotopic (exact) mass is 274 g/mol. The minimum Gasteiger partial charge on any atom is -0.479 e. The van der Waals surface area contributed by atoms with E-state index < -0.39 is 24.5 Å². The second-order valence-corrected chi connectivity index (χ2v) is 4.05. The van der Waals surface area contributed by atoms with Crippen LogP contribution < -0.4 is 0 Å². The number of aliphatic carboxylic acids is 1. The van der Waals surface area contributed by atoms with Gasteiger partial charge in [0, 0.05) is 0 Å². The molecule has 0 fully saturated rings. The number of carboxylic acids is 2. The lowest BCUT2D eigenvalue weighted by Crippen LogP contribution is -2.13. The van der Waals surface area contributed by atoms with Crippen LogP contribution in [0, 0.1) is 0 Å². The van der Waals surface area contributed by atoms with E-state index >= 15 is 0 Å². The Labute approximate surface area is 113 Å². The van der Waals surface area contributed by atoms with E-state index in [1.54, 1.807) is 12.1 Å². The van der Waals surface area contributed by atoms with Gasteiger partial charge in [0.1, 0.15) is 0 Å². The Hall–Kier alpha value is -2.89. The number of carbonyl (C=O) groups excluding carboxylic acids is 1. The summed E-state index contributed by atoms with van der Waals surface area (Å²) < 4.78 is 4.57. The highest BCUT2D eigenvalue weighted by atomic mass is 16.5. The first-order valence-corrected chi connectivity index (χ1v) is 5.63. The van der Waals surface area contributed by atoms with Gasteiger partial charge in [-0.2, -0.15) is 0 Å². The number of aromatic carboxylic acids is 1. The standard InChI is InChI=1S/C14H10O6/c15-12(16)7-20-14(19)11-4-2-8-5-10(13(17)18)3-1-9(8)6-11/h1-6H,7H2,(H,15,16)(H,17,18). The first-order chi connectivity index (χ1) is 9.47. The lowest BCUT2D eigenvalue weighted by atomic mass is 10.0. The Morgan fingerprint density at radius 3 is 2.00 bits per heavy atom. The fourth-order valence-electron chi connectivity index (χ4n) is 1.72. The van der Waals surface area contributed by atoms with Crippen molar-refractivity contribution in [2.24, 2.45) is 0 Å². The van der Waals surface area contributed by atoms with Crippen molar-refractivity contribution in [3.05, 3.63) is 47.5 Å². The second-order valence-electron chi connectivity index (χ2n) is 4.05. The van der Waals surface area contributed by atoms with Gasteiger partial charge in [-0.25, -0.2) is 14.4 Å².